The van der Waals surface area contributed by atoms with Gasteiger partial charge in [0.25, 0.3) is 5.56 Å². The Morgan fingerprint density at radius 3 is 2.80 bits per heavy atom. The molecule has 0 fully saturated rings. The van der Waals surface area contributed by atoms with Gasteiger partial charge in [0, 0.05) is 24.8 Å². The van der Waals surface area contributed by atoms with Crippen molar-refractivity contribution < 1.29 is 0 Å². The summed E-state index contributed by atoms with van der Waals surface area (Å²) in [4.78, 5) is 11.1. The van der Waals surface area contributed by atoms with Crippen molar-refractivity contribution in [3.05, 3.63) is 22.1 Å². The van der Waals surface area contributed by atoms with Crippen LogP contribution < -0.4 is 11.3 Å². The molecule has 0 saturated heterocycles. The molecular formula is C6H11N3O. The number of rotatable bonds is 2. The van der Waals surface area contributed by atoms with Crippen LogP contribution in [-0.2, 0) is 13.1 Å². The Kier molecular flexibility index (Phi) is 1.91. The Bertz CT molecular complexity index is 236. The maximum absolute atomic E-state index is 11.1. The molecule has 0 aliphatic carbocycles. The van der Waals surface area contributed by atoms with Crippen LogP contribution in [0.25, 0.3) is 0 Å². The minimum atomic E-state index is -0.00926. The van der Waals surface area contributed by atoms with Crippen LogP contribution in [0, 0.1) is 0 Å². The normalized spacial score (nSPS) is 10.2. The highest BCUT2D eigenvalue weighted by Crippen LogP contribution is 1.85. The van der Waals surface area contributed by atoms with Crippen molar-refractivity contribution in [1.29, 1.82) is 0 Å². The van der Waals surface area contributed by atoms with Gasteiger partial charge in [-0.05, 0) is 6.92 Å². The first-order valence-electron chi connectivity index (χ1n) is 3.26. The van der Waals surface area contributed by atoms with Crippen molar-refractivity contribution in [2.24, 2.45) is 5.73 Å². The van der Waals surface area contributed by atoms with Gasteiger partial charge in [-0.15, -0.1) is 0 Å². The average molecular weight is 141 g/mol. The zero-order chi connectivity index (χ0) is 7.56. The molecule has 0 aliphatic heterocycles. The first kappa shape index (κ1) is 7.08. The molecule has 1 aromatic heterocycles. The van der Waals surface area contributed by atoms with Crippen molar-refractivity contribution in [1.82, 2.24) is 9.78 Å². The Balaban J connectivity index is 3.09. The van der Waals surface area contributed by atoms with E-state index in [1.54, 1.807) is 6.20 Å². The lowest BCUT2D eigenvalue weighted by Crippen LogP contribution is -2.19. The summed E-state index contributed by atoms with van der Waals surface area (Å²) in [5, 5.41) is 2.80. The number of nitrogens with two attached hydrogens (primary N) is 1. The molecule has 1 rings (SSSR count). The van der Waals surface area contributed by atoms with Gasteiger partial charge in [-0.25, -0.2) is 0 Å². The van der Waals surface area contributed by atoms with Crippen LogP contribution in [0.5, 0.6) is 0 Å². The second-order valence-corrected chi connectivity index (χ2v) is 2.05. The van der Waals surface area contributed by atoms with Crippen LogP contribution in [0.2, 0.25) is 0 Å². The van der Waals surface area contributed by atoms with E-state index < -0.39 is 0 Å². The zero-order valence-electron chi connectivity index (χ0n) is 5.92. The van der Waals surface area contributed by atoms with E-state index in [-0.39, 0.29) is 5.56 Å². The second-order valence-electron chi connectivity index (χ2n) is 2.05. The third-order valence-electron chi connectivity index (χ3n) is 1.45. The number of hydrogen-bond acceptors (Lipinski definition) is 2. The molecule has 4 heteroatoms. The summed E-state index contributed by atoms with van der Waals surface area (Å²) in [5.41, 5.74) is 5.92. The topological polar surface area (TPSA) is 63.8 Å². The van der Waals surface area contributed by atoms with E-state index in [4.69, 9.17) is 5.73 Å². The van der Waals surface area contributed by atoms with Crippen molar-refractivity contribution in [3.63, 3.8) is 0 Å². The summed E-state index contributed by atoms with van der Waals surface area (Å²) in [6.07, 6.45) is 1.64. The number of aromatic nitrogens is 2. The maximum Gasteiger partial charge on any atom is 0.270 e. The van der Waals surface area contributed by atoms with Gasteiger partial charge in [-0.3, -0.25) is 9.48 Å². The molecule has 0 unspecified atom stereocenters. The molecule has 0 atom stereocenters. The third-order valence-corrected chi connectivity index (χ3v) is 1.45. The van der Waals surface area contributed by atoms with Gasteiger partial charge in [-0.1, -0.05) is 0 Å². The smallest absolute Gasteiger partial charge is 0.270 e. The minimum Gasteiger partial charge on any atom is -0.326 e. The molecule has 1 heterocycles. The van der Waals surface area contributed by atoms with E-state index in [9.17, 15) is 4.79 Å². The minimum absolute atomic E-state index is 0.00926. The number of aryl methyl sites for hydroxylation is 1. The van der Waals surface area contributed by atoms with Gasteiger partial charge in [-0.2, -0.15) is 0 Å². The zero-order valence-corrected chi connectivity index (χ0v) is 5.92. The number of nitrogens with zero attached hydrogens (tertiary/aromatic N) is 1. The number of H-pyrrole nitrogens is 1. The second kappa shape index (κ2) is 2.70. The van der Waals surface area contributed by atoms with Crippen LogP contribution in [0.3, 0.4) is 0 Å². The molecule has 0 amide bonds. The number of nitrogens with one attached hydrogen (secondary N) is 1. The molecular weight excluding hydrogens is 130 g/mol. The summed E-state index contributed by atoms with van der Waals surface area (Å²) >= 11 is 0. The molecule has 3 N–H and O–H groups in total. The first-order valence-corrected chi connectivity index (χ1v) is 3.26. The lowest BCUT2D eigenvalue weighted by atomic mass is 10.4. The first-order chi connectivity index (χ1) is 4.79. The van der Waals surface area contributed by atoms with Crippen LogP contribution in [0.15, 0.2) is 11.0 Å². The highest BCUT2D eigenvalue weighted by molar-refractivity contribution is 5.03. The van der Waals surface area contributed by atoms with Gasteiger partial charge < -0.3 is 10.8 Å². The van der Waals surface area contributed by atoms with Crippen LogP contribution in [-0.4, -0.2) is 9.78 Å². The Hall–Kier alpha value is -1.03. The van der Waals surface area contributed by atoms with E-state index in [1.807, 2.05) is 6.92 Å². The lowest BCUT2D eigenvalue weighted by molar-refractivity contribution is 0.636. The van der Waals surface area contributed by atoms with Gasteiger partial charge in [0.1, 0.15) is 0 Å². The van der Waals surface area contributed by atoms with Crippen LogP contribution in [0.4, 0.5) is 0 Å². The fraction of sp³-hybridized carbons (Fsp3) is 0.500. The van der Waals surface area contributed by atoms with Gasteiger partial charge in [0.2, 0.25) is 0 Å². The van der Waals surface area contributed by atoms with Gasteiger partial charge in [0.05, 0.1) is 0 Å². The highest BCUT2D eigenvalue weighted by Gasteiger charge is 2.00. The van der Waals surface area contributed by atoms with Crippen LogP contribution in [0.1, 0.15) is 12.5 Å². The highest BCUT2D eigenvalue weighted by atomic mass is 16.1. The molecule has 0 radical (unpaired) electrons. The molecule has 0 aromatic carbocycles. The monoisotopic (exact) mass is 141 g/mol. The third kappa shape index (κ3) is 0.974. The standard InChI is InChI=1S/C6H11N3O/c1-2-9-6(10)5(3-7)4-8-9/h4,8H,2-3,7H2,1H3. The molecule has 0 bridgehead atoms. The van der Waals surface area contributed by atoms with Gasteiger partial charge >= 0.3 is 0 Å². The lowest BCUT2D eigenvalue weighted by Gasteiger charge is -1.90. The predicted octanol–water partition coefficient (Wildman–Crippen LogP) is -0.345. The van der Waals surface area contributed by atoms with E-state index in [0.717, 1.165) is 0 Å². The molecule has 10 heavy (non-hydrogen) atoms. The number of aromatic amines is 1. The molecule has 0 aliphatic rings. The van der Waals surface area contributed by atoms with Gasteiger partial charge in [0.15, 0.2) is 0 Å². The summed E-state index contributed by atoms with van der Waals surface area (Å²) < 4.78 is 1.52. The summed E-state index contributed by atoms with van der Waals surface area (Å²) in [7, 11) is 0. The molecule has 56 valence electrons. The fourth-order valence-electron chi connectivity index (χ4n) is 0.831. The van der Waals surface area contributed by atoms with Crippen molar-refractivity contribution in [2.45, 2.75) is 20.0 Å². The quantitative estimate of drug-likeness (QED) is 0.591. The largest absolute Gasteiger partial charge is 0.326 e. The molecule has 4 nitrogen and oxygen atoms in total. The van der Waals surface area contributed by atoms with E-state index in [2.05, 4.69) is 5.10 Å². The Morgan fingerprint density at radius 2 is 2.50 bits per heavy atom. The van der Waals surface area contributed by atoms with Crippen molar-refractivity contribution in [3.8, 4) is 0 Å². The SMILES string of the molecule is CCn1[nH]cc(CN)c1=O. The van der Waals surface area contributed by atoms with Crippen molar-refractivity contribution >= 4 is 0 Å². The molecule has 0 saturated carbocycles. The molecule has 0 spiro atoms. The summed E-state index contributed by atoms with van der Waals surface area (Å²) in [5.74, 6) is 0. The maximum atomic E-state index is 11.1. The van der Waals surface area contributed by atoms with Crippen molar-refractivity contribution in [2.75, 3.05) is 0 Å². The fourth-order valence-corrected chi connectivity index (χ4v) is 0.831. The molecule has 1 aromatic rings. The predicted molar refractivity (Wildman–Crippen MR) is 38.6 cm³/mol. The van der Waals surface area contributed by atoms with E-state index >= 15 is 0 Å². The average Bonchev–Trinajstić information content (AvgIpc) is 2.30. The summed E-state index contributed by atoms with van der Waals surface area (Å²) in [6.45, 7) is 2.87. The Morgan fingerprint density at radius 1 is 1.80 bits per heavy atom. The summed E-state index contributed by atoms with van der Waals surface area (Å²) in [6, 6.07) is 0. The Labute approximate surface area is 58.6 Å². The van der Waals surface area contributed by atoms with Crippen LogP contribution >= 0.6 is 0 Å². The van der Waals surface area contributed by atoms with E-state index in [1.165, 1.54) is 4.68 Å². The van der Waals surface area contributed by atoms with E-state index in [0.29, 0.717) is 18.7 Å². The number of hydrogen-bond donors (Lipinski definition) is 2.